The van der Waals surface area contributed by atoms with E-state index in [0.717, 1.165) is 12.8 Å². The maximum Gasteiger partial charge on any atom is 0.145 e. The van der Waals surface area contributed by atoms with Crippen molar-refractivity contribution < 1.29 is 0 Å². The van der Waals surface area contributed by atoms with Gasteiger partial charge in [0.05, 0.1) is 12.8 Å². The molecule has 2 rings (SSSR count). The molecule has 0 radical (unpaired) electrons. The summed E-state index contributed by atoms with van der Waals surface area (Å²) in [5.74, 6) is 0. The second-order valence-corrected chi connectivity index (χ2v) is 5.30. The molecule has 0 bridgehead atoms. The molecular weight excluding hydrogens is 604 g/mol. The quantitative estimate of drug-likeness (QED) is 0.242. The SMILES string of the molecule is C.CI.Cc1ncncc1I.Clc1ncncc1I. The molecule has 0 saturated carbocycles. The van der Waals surface area contributed by atoms with Gasteiger partial charge in [0.25, 0.3) is 0 Å². The van der Waals surface area contributed by atoms with E-state index in [0.29, 0.717) is 5.15 Å². The first-order valence-corrected chi connectivity index (χ1v) is 9.21. The molecule has 2 aromatic rings. The molecule has 0 aliphatic rings. The van der Waals surface area contributed by atoms with Crippen LogP contribution in [0.2, 0.25) is 5.15 Å². The molecule has 4 nitrogen and oxygen atoms in total. The second-order valence-electron chi connectivity index (χ2n) is 2.62. The lowest BCUT2D eigenvalue weighted by Crippen LogP contribution is -1.85. The van der Waals surface area contributed by atoms with Crippen molar-refractivity contribution >= 4 is 79.4 Å². The largest absolute Gasteiger partial charge is 0.244 e. The summed E-state index contributed by atoms with van der Waals surface area (Å²) in [6, 6.07) is 0. The van der Waals surface area contributed by atoms with Gasteiger partial charge >= 0.3 is 0 Å². The van der Waals surface area contributed by atoms with Gasteiger partial charge in [-0.15, -0.1) is 0 Å². The Labute approximate surface area is 160 Å². The van der Waals surface area contributed by atoms with Gasteiger partial charge in [-0.05, 0) is 57.0 Å². The van der Waals surface area contributed by atoms with Crippen molar-refractivity contribution in [1.29, 1.82) is 0 Å². The summed E-state index contributed by atoms with van der Waals surface area (Å²) < 4.78 is 2.00. The van der Waals surface area contributed by atoms with Crippen LogP contribution < -0.4 is 0 Å². The Hall–Kier alpha value is 0.640. The molecule has 0 fully saturated rings. The molecule has 0 saturated heterocycles. The lowest BCUT2D eigenvalue weighted by Gasteiger charge is -1.89. The summed E-state index contributed by atoms with van der Waals surface area (Å²) in [5, 5.41) is 0.514. The van der Waals surface area contributed by atoms with Gasteiger partial charge < -0.3 is 0 Å². The number of hydrogen-bond acceptors (Lipinski definition) is 4. The number of hydrogen-bond donors (Lipinski definition) is 0. The Morgan fingerprint density at radius 1 is 0.947 bits per heavy atom. The van der Waals surface area contributed by atoms with Crippen molar-refractivity contribution in [2.45, 2.75) is 14.4 Å². The Morgan fingerprint density at radius 2 is 1.42 bits per heavy atom. The predicted octanol–water partition coefficient (Wildman–Crippen LogP) is 4.81. The average molecular weight is 618 g/mol. The minimum Gasteiger partial charge on any atom is -0.244 e. The fraction of sp³-hybridized carbons (Fsp3) is 0.273. The maximum absolute atomic E-state index is 5.55. The smallest absolute Gasteiger partial charge is 0.145 e. The van der Waals surface area contributed by atoms with E-state index in [1.807, 2.05) is 11.9 Å². The van der Waals surface area contributed by atoms with Gasteiger partial charge in [0, 0.05) is 12.4 Å². The van der Waals surface area contributed by atoms with Crippen LogP contribution in [0.4, 0.5) is 0 Å². The van der Waals surface area contributed by atoms with E-state index < -0.39 is 0 Å². The molecule has 0 unspecified atom stereocenters. The zero-order valence-electron chi connectivity index (χ0n) is 9.61. The summed E-state index contributed by atoms with van der Waals surface area (Å²) in [6.45, 7) is 1.96. The molecule has 8 heteroatoms. The summed E-state index contributed by atoms with van der Waals surface area (Å²) in [4.78, 5) is 17.2. The molecule has 0 spiro atoms. The minimum atomic E-state index is 0. The number of aromatic nitrogens is 4. The average Bonchev–Trinajstić information content (AvgIpc) is 2.40. The number of rotatable bonds is 0. The summed E-state index contributed by atoms with van der Waals surface area (Å²) >= 11 is 12.0. The summed E-state index contributed by atoms with van der Waals surface area (Å²) in [5.41, 5.74) is 1.04. The van der Waals surface area contributed by atoms with E-state index in [-0.39, 0.29) is 7.43 Å². The third-order valence-electron chi connectivity index (χ3n) is 1.47. The van der Waals surface area contributed by atoms with E-state index in [1.54, 1.807) is 18.7 Å². The van der Waals surface area contributed by atoms with E-state index in [9.17, 15) is 0 Å². The Kier molecular flexibility index (Phi) is 15.7. The molecule has 106 valence electrons. The molecule has 2 heterocycles. The van der Waals surface area contributed by atoms with E-state index >= 15 is 0 Å². The Balaban J connectivity index is 0. The van der Waals surface area contributed by atoms with Crippen LogP contribution in [0.1, 0.15) is 13.1 Å². The zero-order chi connectivity index (χ0) is 14.0. The molecule has 0 aliphatic carbocycles. The van der Waals surface area contributed by atoms with Crippen molar-refractivity contribution in [1.82, 2.24) is 19.9 Å². The van der Waals surface area contributed by atoms with Crippen molar-refractivity contribution in [2.75, 3.05) is 4.93 Å². The first-order valence-electron chi connectivity index (χ1n) is 4.52. The van der Waals surface area contributed by atoms with Crippen LogP contribution in [0.15, 0.2) is 25.0 Å². The van der Waals surface area contributed by atoms with Gasteiger partial charge in [-0.3, -0.25) is 0 Å². The van der Waals surface area contributed by atoms with Crippen molar-refractivity contribution in [3.05, 3.63) is 43.0 Å². The van der Waals surface area contributed by atoms with Crippen LogP contribution >= 0.6 is 79.4 Å². The van der Waals surface area contributed by atoms with Crippen LogP contribution in [-0.2, 0) is 0 Å². The van der Waals surface area contributed by atoms with Crippen LogP contribution in [-0.4, -0.2) is 24.9 Å². The van der Waals surface area contributed by atoms with Crippen molar-refractivity contribution in [2.24, 2.45) is 0 Å². The lowest BCUT2D eigenvalue weighted by molar-refractivity contribution is 1.08. The standard InChI is InChI=1S/C5H5IN2.C4H2ClIN2.CH3I.CH4/c1-4-5(6)2-7-3-8-4;5-4-3(6)1-7-2-8-4;1-2;/h2-3H,1H3;1-2H;1H3;1H4. The number of aryl methyl sites for hydroxylation is 1. The fourth-order valence-corrected chi connectivity index (χ4v) is 1.36. The monoisotopic (exact) mass is 618 g/mol. The number of alkyl halides is 1. The molecule has 0 aliphatic heterocycles. The van der Waals surface area contributed by atoms with Crippen molar-refractivity contribution in [3.8, 4) is 0 Å². The van der Waals surface area contributed by atoms with Crippen LogP contribution in [0.5, 0.6) is 0 Å². The lowest BCUT2D eigenvalue weighted by atomic mass is 10.5. The van der Waals surface area contributed by atoms with Gasteiger partial charge in [0.15, 0.2) is 0 Å². The van der Waals surface area contributed by atoms with Gasteiger partial charge in [0.2, 0.25) is 0 Å². The van der Waals surface area contributed by atoms with Crippen molar-refractivity contribution in [3.63, 3.8) is 0 Å². The topological polar surface area (TPSA) is 51.6 Å². The fourth-order valence-electron chi connectivity index (χ4n) is 0.672. The van der Waals surface area contributed by atoms with Gasteiger partial charge in [0.1, 0.15) is 17.8 Å². The minimum absolute atomic E-state index is 0. The normalized spacial score (nSPS) is 8.11. The highest BCUT2D eigenvalue weighted by Crippen LogP contribution is 2.11. The van der Waals surface area contributed by atoms with Gasteiger partial charge in [-0.25, -0.2) is 19.9 Å². The summed E-state index contributed by atoms with van der Waals surface area (Å²) in [7, 11) is 0. The molecule has 0 N–H and O–H groups in total. The van der Waals surface area contributed by atoms with Gasteiger partial charge in [-0.2, -0.15) is 0 Å². The Morgan fingerprint density at radius 3 is 1.68 bits per heavy atom. The molecular formula is C11H14ClI3N4. The number of halogens is 4. The molecule has 2 aromatic heterocycles. The third kappa shape index (κ3) is 10.1. The molecule has 0 aromatic carbocycles. The van der Waals surface area contributed by atoms with Gasteiger partial charge in [-0.1, -0.05) is 41.6 Å². The maximum atomic E-state index is 5.55. The first-order chi connectivity index (χ1) is 8.61. The summed E-state index contributed by atoms with van der Waals surface area (Å²) in [6.07, 6.45) is 6.43. The second kappa shape index (κ2) is 13.6. The molecule has 19 heavy (non-hydrogen) atoms. The molecule has 0 amide bonds. The highest BCUT2D eigenvalue weighted by molar-refractivity contribution is 14.1. The van der Waals surface area contributed by atoms with E-state index in [1.165, 1.54) is 6.33 Å². The highest BCUT2D eigenvalue weighted by atomic mass is 127. The first kappa shape index (κ1) is 21.9. The zero-order valence-corrected chi connectivity index (χ0v) is 16.8. The predicted molar refractivity (Wildman–Crippen MR) is 106 cm³/mol. The van der Waals surface area contributed by atoms with E-state index in [2.05, 4.69) is 87.7 Å². The Bertz CT molecular complexity index is 386. The van der Waals surface area contributed by atoms with E-state index in [4.69, 9.17) is 11.6 Å². The van der Waals surface area contributed by atoms with Crippen LogP contribution in [0.3, 0.4) is 0 Å². The highest BCUT2D eigenvalue weighted by Gasteiger charge is 1.91. The third-order valence-corrected chi connectivity index (χ3v) is 3.94. The number of nitrogens with zero attached hydrogens (tertiary/aromatic N) is 4. The molecule has 0 atom stereocenters. The van der Waals surface area contributed by atoms with Crippen LogP contribution in [0, 0.1) is 14.1 Å². The van der Waals surface area contributed by atoms with Crippen LogP contribution in [0.25, 0.3) is 0 Å².